The number of carbonyl (C=O) groups is 1. The normalized spacial score (nSPS) is 12.2. The van der Waals surface area contributed by atoms with Gasteiger partial charge in [-0.3, -0.25) is 4.79 Å². The fourth-order valence-corrected chi connectivity index (χ4v) is 5.42. The summed E-state index contributed by atoms with van der Waals surface area (Å²) in [6.07, 6.45) is 3.71. The Morgan fingerprint density at radius 3 is 1.76 bits per heavy atom. The average molecular weight is 349 g/mol. The molecule has 1 atom stereocenters. The first kappa shape index (κ1) is 19.6. The summed E-state index contributed by atoms with van der Waals surface area (Å²) < 4.78 is 2.09. The number of carboxylic acids is 1. The van der Waals surface area contributed by atoms with Crippen LogP contribution in [0.15, 0.2) is 0 Å². The predicted octanol–water partition coefficient (Wildman–Crippen LogP) is 4.63. The fraction of sp³-hybridized carbons (Fsp3) is 0.929. The maximum absolute atomic E-state index is 10.4. The van der Waals surface area contributed by atoms with Crippen LogP contribution in [0.1, 0.15) is 67.2 Å². The first-order chi connectivity index (χ1) is 7.84. The van der Waals surface area contributed by atoms with E-state index in [2.05, 4.69) is 34.6 Å². The molecule has 0 heterocycles. The second-order valence-corrected chi connectivity index (χ2v) is 12.6. The first-order valence-electron chi connectivity index (χ1n) is 6.83. The molecule has 0 aliphatic rings. The Bertz CT molecular complexity index is 173. The van der Waals surface area contributed by atoms with Crippen LogP contribution in [0.3, 0.4) is 0 Å². The van der Waals surface area contributed by atoms with E-state index in [0.717, 1.165) is 33.6 Å². The van der Waals surface area contributed by atoms with E-state index < -0.39 is 5.97 Å². The zero-order valence-electron chi connectivity index (χ0n) is 12.4. The molecule has 2 radical (unpaired) electrons. The monoisotopic (exact) mass is 350 g/mol. The molecule has 0 aliphatic heterocycles. The average Bonchev–Trinajstić information content (AvgIpc) is 2.17. The first-order valence-corrected chi connectivity index (χ1v) is 10.1. The molecule has 1 N–H and O–H groups in total. The van der Waals surface area contributed by atoms with E-state index in [-0.39, 0.29) is 27.1 Å². The maximum atomic E-state index is 10.4. The van der Waals surface area contributed by atoms with E-state index in [0.29, 0.717) is 0 Å². The van der Waals surface area contributed by atoms with Gasteiger partial charge in [0, 0.05) is 0 Å². The molecule has 0 aliphatic carbocycles. The number of aliphatic carboxylic acids is 1. The minimum atomic E-state index is -0.643. The second-order valence-electron chi connectivity index (χ2n) is 5.06. The Kier molecular flexibility index (Phi) is 14.7. The molecule has 0 aromatic rings. The van der Waals surface area contributed by atoms with Crippen molar-refractivity contribution in [3.8, 4) is 0 Å². The van der Waals surface area contributed by atoms with E-state index >= 15 is 0 Å². The van der Waals surface area contributed by atoms with Crippen LogP contribution in [0.25, 0.3) is 0 Å². The Morgan fingerprint density at radius 2 is 1.59 bits per heavy atom. The van der Waals surface area contributed by atoms with Crippen molar-refractivity contribution in [2.75, 3.05) is 0 Å². The zero-order chi connectivity index (χ0) is 13.8. The topological polar surface area (TPSA) is 37.3 Å². The van der Waals surface area contributed by atoms with Crippen molar-refractivity contribution in [1.82, 2.24) is 0 Å². The Hall–Kier alpha value is 0.269. The van der Waals surface area contributed by atoms with Gasteiger partial charge in [0.05, 0.1) is 5.92 Å². The van der Waals surface area contributed by atoms with Crippen LogP contribution in [-0.2, 0) is 4.79 Å². The summed E-state index contributed by atoms with van der Waals surface area (Å²) in [6.45, 7) is 13.4. The van der Waals surface area contributed by atoms with E-state index in [1.807, 2.05) is 6.92 Å². The summed E-state index contributed by atoms with van der Waals surface area (Å²) in [5.41, 5.74) is 0. The van der Waals surface area contributed by atoms with Gasteiger partial charge in [0.1, 0.15) is 0 Å². The molecule has 0 aromatic heterocycles. The molecule has 0 saturated carbocycles. The fourth-order valence-electron chi connectivity index (χ4n) is 1.62. The summed E-state index contributed by atoms with van der Waals surface area (Å²) in [7, 11) is 0. The van der Waals surface area contributed by atoms with Crippen molar-refractivity contribution < 1.29 is 9.90 Å². The summed E-state index contributed by atoms with van der Waals surface area (Å²) in [6, 6.07) is 0. The molecule has 1 unspecified atom stereocenters. The van der Waals surface area contributed by atoms with E-state index in [1.165, 1.54) is 0 Å². The van der Waals surface area contributed by atoms with Gasteiger partial charge in [-0.05, 0) is 12.8 Å². The van der Waals surface area contributed by atoms with Crippen LogP contribution in [0.5, 0.6) is 0 Å². The summed E-state index contributed by atoms with van der Waals surface area (Å²) in [5, 5.41) is 8.60. The molecule has 0 saturated heterocycles. The number of carboxylic acid groups (broad SMARTS) is 1. The van der Waals surface area contributed by atoms with Crippen molar-refractivity contribution >= 4 is 27.1 Å². The number of hydrogen-bond acceptors (Lipinski definition) is 1. The van der Waals surface area contributed by atoms with Crippen LogP contribution in [0.2, 0.25) is 7.87 Å². The molecule has 0 aromatic carbocycles. The third-order valence-electron chi connectivity index (χ3n) is 2.41. The van der Waals surface area contributed by atoms with E-state index in [1.54, 1.807) is 0 Å². The Morgan fingerprint density at radius 1 is 1.12 bits per heavy atom. The van der Waals surface area contributed by atoms with Crippen molar-refractivity contribution in [3.63, 3.8) is 0 Å². The zero-order valence-corrected chi connectivity index (χ0v) is 15.3. The molecule has 0 spiro atoms. The van der Waals surface area contributed by atoms with Gasteiger partial charge in [-0.1, -0.05) is 26.7 Å². The van der Waals surface area contributed by atoms with E-state index in [9.17, 15) is 4.79 Å². The van der Waals surface area contributed by atoms with Gasteiger partial charge in [-0.25, -0.2) is 0 Å². The van der Waals surface area contributed by atoms with Gasteiger partial charge in [0.25, 0.3) is 0 Å². The van der Waals surface area contributed by atoms with Crippen LogP contribution in [-0.4, -0.2) is 32.2 Å². The van der Waals surface area contributed by atoms with Crippen LogP contribution < -0.4 is 0 Å². The van der Waals surface area contributed by atoms with Gasteiger partial charge in [0.15, 0.2) is 0 Å². The minimum absolute atomic E-state index is 0.0389. The van der Waals surface area contributed by atoms with Crippen LogP contribution in [0.4, 0.5) is 0 Å². The molecule has 0 rings (SSSR count). The molecule has 0 fully saturated rings. The molecule has 2 nitrogen and oxygen atoms in total. The predicted molar refractivity (Wildman–Crippen MR) is 76.9 cm³/mol. The molecule has 17 heavy (non-hydrogen) atoms. The summed E-state index contributed by atoms with van der Waals surface area (Å²) in [5.74, 6) is -0.754. The molecule has 0 bridgehead atoms. The quantitative estimate of drug-likeness (QED) is 0.681. The van der Waals surface area contributed by atoms with Crippen LogP contribution in [0, 0.1) is 5.92 Å². The molecular weight excluding hydrogens is 319 g/mol. The van der Waals surface area contributed by atoms with Gasteiger partial charge < -0.3 is 5.11 Å². The number of hydrogen-bond donors (Lipinski definition) is 1. The standard InChI is InChI=1S/C8H16O2.2C3H7.Sn/c1-3-5-6-7(4-2)8(9)10;2*1-3-2;/h7H,3-6H2,1-2H3,(H,9,10);2*3H,1-2H3;. The Balaban J connectivity index is 0. The summed E-state index contributed by atoms with van der Waals surface area (Å²) >= 11 is 0.0389. The molecule has 3 heteroatoms. The van der Waals surface area contributed by atoms with Gasteiger partial charge in [-0.2, -0.15) is 0 Å². The third kappa shape index (κ3) is 16.3. The summed E-state index contributed by atoms with van der Waals surface area (Å²) in [4.78, 5) is 10.4. The van der Waals surface area contributed by atoms with Crippen molar-refractivity contribution in [1.29, 1.82) is 0 Å². The van der Waals surface area contributed by atoms with Gasteiger partial charge >= 0.3 is 62.7 Å². The number of unbranched alkanes of at least 4 members (excludes halogenated alkanes) is 1. The third-order valence-corrected chi connectivity index (χ3v) is 6.22. The van der Waals surface area contributed by atoms with Crippen molar-refractivity contribution in [3.05, 3.63) is 0 Å². The number of rotatable bonds is 7. The SMILES string of the molecule is CCCCC(CC)C(=O)O.C[CH](C)[Sn][CH](C)C. The van der Waals surface area contributed by atoms with Gasteiger partial charge in [0.2, 0.25) is 0 Å². The van der Waals surface area contributed by atoms with Crippen molar-refractivity contribution in [2.45, 2.75) is 75.1 Å². The van der Waals surface area contributed by atoms with E-state index in [4.69, 9.17) is 5.11 Å². The molecule has 0 amide bonds. The molecular formula is C14H30O2Sn. The Labute approximate surface area is 118 Å². The van der Waals surface area contributed by atoms with Crippen LogP contribution >= 0.6 is 0 Å². The van der Waals surface area contributed by atoms with Gasteiger partial charge in [-0.15, -0.1) is 0 Å². The van der Waals surface area contributed by atoms with Crippen molar-refractivity contribution in [2.24, 2.45) is 5.92 Å². The molecule has 102 valence electrons. The second kappa shape index (κ2) is 12.7.